The molecule has 0 aliphatic rings. The van der Waals surface area contributed by atoms with Gasteiger partial charge in [0.2, 0.25) is 10.0 Å². The van der Waals surface area contributed by atoms with Crippen molar-refractivity contribution in [3.63, 3.8) is 0 Å². The number of rotatable bonds is 4. The summed E-state index contributed by atoms with van der Waals surface area (Å²) in [6.07, 6.45) is 0. The van der Waals surface area contributed by atoms with E-state index in [4.69, 9.17) is 0 Å². The molecule has 0 radical (unpaired) electrons. The first-order chi connectivity index (χ1) is 4.54. The number of hydrogen-bond donors (Lipinski definition) is 2. The molecule has 0 aliphatic carbocycles. The van der Waals surface area contributed by atoms with Crippen LogP contribution in [0.15, 0.2) is 0 Å². The molecule has 0 heterocycles. The summed E-state index contributed by atoms with van der Waals surface area (Å²) in [4.78, 5) is 4.42. The molecule has 0 spiro atoms. The van der Waals surface area contributed by atoms with Crippen LogP contribution < -0.4 is 10.2 Å². The molecule has 0 aliphatic heterocycles. The fourth-order valence-corrected chi connectivity index (χ4v) is 0.983. The lowest BCUT2D eigenvalue weighted by Gasteiger charge is -2.10. The molecule has 10 heavy (non-hydrogen) atoms. The number of nitrogens with one attached hydrogen (secondary N) is 2. The highest BCUT2D eigenvalue weighted by molar-refractivity contribution is 7.90. The predicted octanol–water partition coefficient (Wildman–Crippen LogP) is -0.967. The molecule has 5 nitrogen and oxygen atoms in total. The van der Waals surface area contributed by atoms with Gasteiger partial charge in [-0.05, 0) is 14.0 Å². The van der Waals surface area contributed by atoms with Crippen LogP contribution in [0.3, 0.4) is 0 Å². The molecular weight excluding hydrogens is 156 g/mol. The summed E-state index contributed by atoms with van der Waals surface area (Å²) in [6.45, 7) is 1.48. The lowest BCUT2D eigenvalue weighted by molar-refractivity contribution is 0.0853. The van der Waals surface area contributed by atoms with Crippen LogP contribution in [0.4, 0.5) is 0 Å². The zero-order chi connectivity index (χ0) is 8.20. The van der Waals surface area contributed by atoms with Crippen molar-refractivity contribution in [2.45, 2.75) is 12.3 Å². The van der Waals surface area contributed by atoms with Gasteiger partial charge < -0.3 is 4.84 Å². The van der Waals surface area contributed by atoms with E-state index in [-0.39, 0.29) is 0 Å². The van der Waals surface area contributed by atoms with Gasteiger partial charge >= 0.3 is 0 Å². The van der Waals surface area contributed by atoms with E-state index in [1.807, 2.05) is 0 Å². The van der Waals surface area contributed by atoms with Crippen LogP contribution in [-0.2, 0) is 14.9 Å². The summed E-state index contributed by atoms with van der Waals surface area (Å²) in [7, 11) is -0.533. The van der Waals surface area contributed by atoms with Gasteiger partial charge in [-0.1, -0.05) is 0 Å². The average molecular weight is 168 g/mol. The molecule has 1 atom stereocenters. The van der Waals surface area contributed by atoms with Crippen LogP contribution in [0.1, 0.15) is 6.92 Å². The highest BCUT2D eigenvalue weighted by atomic mass is 32.2. The average Bonchev–Trinajstić information content (AvgIpc) is 1.89. The molecule has 0 aromatic carbocycles. The van der Waals surface area contributed by atoms with E-state index in [1.54, 1.807) is 0 Å². The van der Waals surface area contributed by atoms with Gasteiger partial charge in [0.05, 0.1) is 7.11 Å². The summed E-state index contributed by atoms with van der Waals surface area (Å²) in [5, 5.41) is -0.734. The molecule has 0 bridgehead atoms. The molecule has 0 aromatic rings. The summed E-state index contributed by atoms with van der Waals surface area (Å²) in [5.74, 6) is 0. The highest BCUT2D eigenvalue weighted by Gasteiger charge is 2.16. The first-order valence-electron chi connectivity index (χ1n) is 2.75. The third-order valence-electron chi connectivity index (χ3n) is 1.03. The fourth-order valence-electron chi connectivity index (χ4n) is 0.406. The Labute approximate surface area is 60.8 Å². The van der Waals surface area contributed by atoms with Crippen LogP contribution in [0.5, 0.6) is 0 Å². The Balaban J connectivity index is 4.06. The van der Waals surface area contributed by atoms with Crippen LogP contribution in [-0.4, -0.2) is 27.9 Å². The summed E-state index contributed by atoms with van der Waals surface area (Å²) < 4.78 is 23.8. The Bertz CT molecular complexity index is 177. The first kappa shape index (κ1) is 9.83. The lowest BCUT2D eigenvalue weighted by Crippen LogP contribution is -2.39. The maximum absolute atomic E-state index is 10.8. The monoisotopic (exact) mass is 168 g/mol. The molecule has 6 heteroatoms. The minimum Gasteiger partial charge on any atom is -0.304 e. The van der Waals surface area contributed by atoms with Crippen LogP contribution in [0.2, 0.25) is 0 Å². The van der Waals surface area contributed by atoms with Crippen molar-refractivity contribution in [3.8, 4) is 0 Å². The SMILES string of the molecule is CNS(=O)(=O)C(C)NOC. The minimum absolute atomic E-state index is 0.734. The molecule has 0 rings (SSSR count). The Morgan fingerprint density at radius 2 is 2.00 bits per heavy atom. The van der Waals surface area contributed by atoms with E-state index in [2.05, 4.69) is 15.0 Å². The van der Waals surface area contributed by atoms with Crippen molar-refractivity contribution in [3.05, 3.63) is 0 Å². The standard InChI is InChI=1S/C4H12N2O3S/c1-4(6-9-3)10(7,8)5-2/h4-6H,1-3H3. The number of hydroxylamine groups is 1. The van der Waals surface area contributed by atoms with Gasteiger partial charge in [-0.3, -0.25) is 0 Å². The van der Waals surface area contributed by atoms with Crippen molar-refractivity contribution >= 4 is 10.0 Å². The van der Waals surface area contributed by atoms with Gasteiger partial charge in [-0.25, -0.2) is 13.1 Å². The zero-order valence-electron chi connectivity index (χ0n) is 6.21. The van der Waals surface area contributed by atoms with Crippen molar-refractivity contribution in [2.24, 2.45) is 0 Å². The molecule has 0 aromatic heterocycles. The largest absolute Gasteiger partial charge is 0.304 e. The Kier molecular flexibility index (Phi) is 3.80. The second-order valence-corrected chi connectivity index (χ2v) is 3.92. The Morgan fingerprint density at radius 3 is 2.30 bits per heavy atom. The topological polar surface area (TPSA) is 67.4 Å². The highest BCUT2D eigenvalue weighted by Crippen LogP contribution is 1.90. The van der Waals surface area contributed by atoms with Gasteiger partial charge in [0.25, 0.3) is 0 Å². The van der Waals surface area contributed by atoms with Crippen LogP contribution in [0, 0.1) is 0 Å². The van der Waals surface area contributed by atoms with Gasteiger partial charge in [0.1, 0.15) is 5.37 Å². The first-order valence-corrected chi connectivity index (χ1v) is 4.30. The van der Waals surface area contributed by atoms with Crippen molar-refractivity contribution in [1.29, 1.82) is 0 Å². The van der Waals surface area contributed by atoms with Crippen LogP contribution >= 0.6 is 0 Å². The molecule has 0 fully saturated rings. The molecule has 0 amide bonds. The summed E-state index contributed by atoms with van der Waals surface area (Å²) in [6, 6.07) is 0. The third-order valence-corrected chi connectivity index (χ3v) is 2.63. The normalized spacial score (nSPS) is 15.1. The molecule has 1 unspecified atom stereocenters. The van der Waals surface area contributed by atoms with Crippen molar-refractivity contribution in [1.82, 2.24) is 10.2 Å². The van der Waals surface area contributed by atoms with Crippen LogP contribution in [0.25, 0.3) is 0 Å². The fraction of sp³-hybridized carbons (Fsp3) is 1.00. The molecule has 0 saturated heterocycles. The van der Waals surface area contributed by atoms with E-state index in [9.17, 15) is 8.42 Å². The number of sulfonamides is 1. The van der Waals surface area contributed by atoms with Crippen molar-refractivity contribution in [2.75, 3.05) is 14.2 Å². The van der Waals surface area contributed by atoms with Gasteiger partial charge in [-0.15, -0.1) is 0 Å². The third kappa shape index (κ3) is 2.61. The molecule has 0 saturated carbocycles. The van der Waals surface area contributed by atoms with Gasteiger partial charge in [-0.2, -0.15) is 5.48 Å². The van der Waals surface area contributed by atoms with Gasteiger partial charge in [0, 0.05) is 0 Å². The second-order valence-electron chi connectivity index (χ2n) is 1.71. The van der Waals surface area contributed by atoms with E-state index < -0.39 is 15.4 Å². The lowest BCUT2D eigenvalue weighted by atomic mass is 10.8. The van der Waals surface area contributed by atoms with E-state index in [0.29, 0.717) is 0 Å². The zero-order valence-corrected chi connectivity index (χ0v) is 7.03. The molecule has 2 N–H and O–H groups in total. The second kappa shape index (κ2) is 3.87. The minimum atomic E-state index is -3.25. The smallest absolute Gasteiger partial charge is 0.229 e. The predicted molar refractivity (Wildman–Crippen MR) is 37.6 cm³/mol. The van der Waals surface area contributed by atoms with Crippen molar-refractivity contribution < 1.29 is 13.3 Å². The molecule has 62 valence electrons. The number of hydrogen-bond acceptors (Lipinski definition) is 4. The Hall–Kier alpha value is -0.170. The van der Waals surface area contributed by atoms with Gasteiger partial charge in [0.15, 0.2) is 0 Å². The Morgan fingerprint density at radius 1 is 1.50 bits per heavy atom. The van der Waals surface area contributed by atoms with E-state index in [0.717, 1.165) is 0 Å². The summed E-state index contributed by atoms with van der Waals surface area (Å²) >= 11 is 0. The quantitative estimate of drug-likeness (QED) is 0.530. The van der Waals surface area contributed by atoms with E-state index >= 15 is 0 Å². The summed E-state index contributed by atoms with van der Waals surface area (Å²) in [5.41, 5.74) is 2.29. The maximum Gasteiger partial charge on any atom is 0.229 e. The maximum atomic E-state index is 10.8. The van der Waals surface area contributed by atoms with E-state index in [1.165, 1.54) is 21.1 Å². The molecular formula is C4H12N2O3S.